The van der Waals surface area contributed by atoms with Gasteiger partial charge < -0.3 is 19.4 Å². The fourth-order valence-corrected chi connectivity index (χ4v) is 4.02. The Labute approximate surface area is 150 Å². The molecule has 1 fully saturated rings. The van der Waals surface area contributed by atoms with Crippen LogP contribution in [0.4, 0.5) is 5.69 Å². The van der Waals surface area contributed by atoms with Gasteiger partial charge in [0, 0.05) is 44.0 Å². The van der Waals surface area contributed by atoms with Crippen LogP contribution in [0.5, 0.6) is 11.5 Å². The highest BCUT2D eigenvalue weighted by molar-refractivity contribution is 7.99. The maximum Gasteiger partial charge on any atom is 0.251 e. The van der Waals surface area contributed by atoms with Gasteiger partial charge in [0.15, 0.2) is 16.7 Å². The first kappa shape index (κ1) is 16.3. The average molecular weight is 359 g/mol. The Balaban J connectivity index is 1.37. The van der Waals surface area contributed by atoms with Crippen molar-refractivity contribution in [2.75, 3.05) is 11.1 Å². The van der Waals surface area contributed by atoms with Gasteiger partial charge in [-0.2, -0.15) is 0 Å². The number of benzene rings is 1. The van der Waals surface area contributed by atoms with Crippen LogP contribution < -0.4 is 14.8 Å². The average Bonchev–Trinajstić information content (AvgIpc) is 3.16. The van der Waals surface area contributed by atoms with Gasteiger partial charge in [0.05, 0.1) is 5.75 Å². The Hall–Kier alpha value is -2.15. The number of fused-ring (bicyclic) bond motifs is 1. The molecular formula is C18H21N3O3S. The molecular weight excluding hydrogens is 338 g/mol. The van der Waals surface area contributed by atoms with Crippen molar-refractivity contribution < 1.29 is 14.3 Å². The Morgan fingerprint density at radius 2 is 2.08 bits per heavy atom. The van der Waals surface area contributed by atoms with Crippen molar-refractivity contribution in [1.82, 2.24) is 9.55 Å². The number of hydrogen-bond acceptors (Lipinski definition) is 5. The van der Waals surface area contributed by atoms with E-state index in [1.807, 2.05) is 36.0 Å². The first-order chi connectivity index (χ1) is 12.1. The highest BCUT2D eigenvalue weighted by atomic mass is 32.2. The van der Waals surface area contributed by atoms with Gasteiger partial charge in [0.1, 0.15) is 0 Å². The van der Waals surface area contributed by atoms with E-state index in [0.717, 1.165) is 48.0 Å². The maximum absolute atomic E-state index is 12.2. The number of nitrogens with zero attached hydrogens (tertiary/aromatic N) is 2. The number of anilines is 1. The van der Waals surface area contributed by atoms with Crippen LogP contribution in [0.25, 0.3) is 0 Å². The minimum absolute atomic E-state index is 0.0701. The number of ether oxygens (including phenoxy) is 2. The summed E-state index contributed by atoms with van der Waals surface area (Å²) < 4.78 is 14.0. The van der Waals surface area contributed by atoms with Gasteiger partial charge >= 0.3 is 0 Å². The van der Waals surface area contributed by atoms with E-state index >= 15 is 0 Å². The SMILES string of the molecule is Cn1ccnc1SCC(=O)Nc1ccc2c(c1)OC1(CCCCC1)O2. The fraction of sp³-hybridized carbons (Fsp3) is 0.444. The number of thioether (sulfide) groups is 1. The van der Waals surface area contributed by atoms with Crippen LogP contribution in [0.1, 0.15) is 32.1 Å². The third-order valence-electron chi connectivity index (χ3n) is 4.54. The summed E-state index contributed by atoms with van der Waals surface area (Å²) >= 11 is 1.41. The predicted molar refractivity (Wildman–Crippen MR) is 96.1 cm³/mol. The summed E-state index contributed by atoms with van der Waals surface area (Å²) in [7, 11) is 1.91. The van der Waals surface area contributed by atoms with Crippen LogP contribution in [0.2, 0.25) is 0 Å². The van der Waals surface area contributed by atoms with E-state index in [1.165, 1.54) is 18.2 Å². The number of rotatable bonds is 4. The van der Waals surface area contributed by atoms with E-state index in [9.17, 15) is 4.79 Å². The summed E-state index contributed by atoms with van der Waals surface area (Å²) in [6.45, 7) is 0. The number of aryl methyl sites for hydroxylation is 1. The lowest BCUT2D eigenvalue weighted by Crippen LogP contribution is -2.40. The first-order valence-electron chi connectivity index (χ1n) is 8.56. The molecule has 2 heterocycles. The molecule has 0 radical (unpaired) electrons. The lowest BCUT2D eigenvalue weighted by Gasteiger charge is -2.31. The molecule has 0 atom stereocenters. The molecule has 25 heavy (non-hydrogen) atoms. The fourth-order valence-electron chi connectivity index (χ4n) is 3.28. The summed E-state index contributed by atoms with van der Waals surface area (Å²) in [4.78, 5) is 16.4. The Bertz CT molecular complexity index is 784. The maximum atomic E-state index is 12.2. The lowest BCUT2D eigenvalue weighted by molar-refractivity contribution is -0.113. The summed E-state index contributed by atoms with van der Waals surface area (Å²) in [5.74, 6) is 1.23. The van der Waals surface area contributed by atoms with E-state index in [4.69, 9.17) is 9.47 Å². The number of carbonyl (C=O) groups is 1. The summed E-state index contributed by atoms with van der Waals surface area (Å²) in [5, 5.41) is 3.73. The van der Waals surface area contributed by atoms with Crippen LogP contribution in [-0.4, -0.2) is 27.0 Å². The van der Waals surface area contributed by atoms with Gasteiger partial charge in [-0.1, -0.05) is 18.2 Å². The number of hydrogen-bond donors (Lipinski definition) is 1. The molecule has 132 valence electrons. The molecule has 1 N–H and O–H groups in total. The zero-order valence-electron chi connectivity index (χ0n) is 14.2. The number of imidazole rings is 1. The van der Waals surface area contributed by atoms with Crippen LogP contribution >= 0.6 is 11.8 Å². The van der Waals surface area contributed by atoms with Crippen molar-refractivity contribution in [3.05, 3.63) is 30.6 Å². The molecule has 4 rings (SSSR count). The Morgan fingerprint density at radius 3 is 2.84 bits per heavy atom. The van der Waals surface area contributed by atoms with Gasteiger partial charge in [-0.15, -0.1) is 0 Å². The van der Waals surface area contributed by atoms with Gasteiger partial charge in [0.2, 0.25) is 5.91 Å². The summed E-state index contributed by atoms with van der Waals surface area (Å²) in [6, 6.07) is 5.58. The molecule has 2 aromatic rings. The zero-order valence-corrected chi connectivity index (χ0v) is 15.0. The Kier molecular flexibility index (Phi) is 4.33. The molecule has 2 aliphatic rings. The minimum atomic E-state index is -0.489. The molecule has 6 nitrogen and oxygen atoms in total. The quantitative estimate of drug-likeness (QED) is 0.845. The molecule has 0 saturated heterocycles. The van der Waals surface area contributed by atoms with Crippen molar-refractivity contribution in [1.29, 1.82) is 0 Å². The van der Waals surface area contributed by atoms with Crippen molar-refractivity contribution in [2.45, 2.75) is 43.0 Å². The number of nitrogens with one attached hydrogen (secondary N) is 1. The Morgan fingerprint density at radius 1 is 1.28 bits per heavy atom. The summed E-state index contributed by atoms with van der Waals surface area (Å²) in [6.07, 6.45) is 8.91. The highest BCUT2D eigenvalue weighted by Gasteiger charge is 2.42. The van der Waals surface area contributed by atoms with Crippen LogP contribution in [0, 0.1) is 0 Å². The standard InChI is InChI=1S/C18H21N3O3S/c1-21-10-9-19-17(21)25-12-16(22)20-13-5-6-14-15(11-13)24-18(23-14)7-3-2-4-8-18/h5-6,9-11H,2-4,7-8,12H2,1H3,(H,20,22). The van der Waals surface area contributed by atoms with Gasteiger partial charge in [-0.05, 0) is 25.0 Å². The normalized spacial score (nSPS) is 17.6. The molecule has 0 bridgehead atoms. The molecule has 1 aromatic carbocycles. The second kappa shape index (κ2) is 6.63. The van der Waals surface area contributed by atoms with E-state index in [2.05, 4.69) is 10.3 Å². The second-order valence-electron chi connectivity index (χ2n) is 6.49. The van der Waals surface area contributed by atoms with Crippen LogP contribution in [-0.2, 0) is 11.8 Å². The van der Waals surface area contributed by atoms with Gasteiger partial charge in [0.25, 0.3) is 5.79 Å². The van der Waals surface area contributed by atoms with E-state index < -0.39 is 5.79 Å². The number of aromatic nitrogens is 2. The molecule has 0 unspecified atom stereocenters. The molecule has 1 aliphatic carbocycles. The zero-order chi connectivity index (χ0) is 17.3. The largest absolute Gasteiger partial charge is 0.448 e. The smallest absolute Gasteiger partial charge is 0.251 e. The molecule has 1 aromatic heterocycles. The van der Waals surface area contributed by atoms with E-state index in [1.54, 1.807) is 6.20 Å². The van der Waals surface area contributed by atoms with Gasteiger partial charge in [-0.25, -0.2) is 4.98 Å². The lowest BCUT2D eigenvalue weighted by atomic mass is 9.94. The monoisotopic (exact) mass is 359 g/mol. The highest BCUT2D eigenvalue weighted by Crippen LogP contribution is 2.46. The van der Waals surface area contributed by atoms with Crippen LogP contribution in [0.3, 0.4) is 0 Å². The molecule has 7 heteroatoms. The number of amides is 1. The third-order valence-corrected chi connectivity index (χ3v) is 5.60. The molecule has 1 spiro atoms. The summed E-state index contributed by atoms with van der Waals surface area (Å²) in [5.41, 5.74) is 0.723. The molecule has 1 aliphatic heterocycles. The number of carbonyl (C=O) groups excluding carboxylic acids is 1. The minimum Gasteiger partial charge on any atom is -0.448 e. The van der Waals surface area contributed by atoms with Crippen molar-refractivity contribution in [2.24, 2.45) is 7.05 Å². The van der Waals surface area contributed by atoms with Crippen LogP contribution in [0.15, 0.2) is 35.7 Å². The first-order valence-corrected chi connectivity index (χ1v) is 9.54. The van der Waals surface area contributed by atoms with E-state index in [0.29, 0.717) is 5.75 Å². The van der Waals surface area contributed by atoms with Crippen molar-refractivity contribution in [3.63, 3.8) is 0 Å². The second-order valence-corrected chi connectivity index (χ2v) is 7.44. The van der Waals surface area contributed by atoms with Gasteiger partial charge in [-0.3, -0.25) is 4.79 Å². The molecule has 1 amide bonds. The van der Waals surface area contributed by atoms with Crippen molar-refractivity contribution in [3.8, 4) is 11.5 Å². The van der Waals surface area contributed by atoms with Crippen molar-refractivity contribution >= 4 is 23.4 Å². The molecule has 1 saturated carbocycles. The predicted octanol–water partition coefficient (Wildman–Crippen LogP) is 3.58. The third kappa shape index (κ3) is 3.46. The topological polar surface area (TPSA) is 65.4 Å². The van der Waals surface area contributed by atoms with E-state index in [-0.39, 0.29) is 5.91 Å².